The quantitative estimate of drug-likeness (QED) is 0.767. The minimum Gasteiger partial charge on any atom is -0.469 e. The molecule has 2 rings (SSSR count). The number of rotatable bonds is 4. The van der Waals surface area contributed by atoms with Crippen molar-refractivity contribution in [1.29, 1.82) is 0 Å². The molecule has 1 fully saturated rings. The molecular formula is C12H18N2O2S. The average Bonchev–Trinajstić information content (AvgIpc) is 2.97. The molecule has 1 aromatic heterocycles. The van der Waals surface area contributed by atoms with Gasteiger partial charge in [0.2, 0.25) is 0 Å². The third-order valence-corrected chi connectivity index (χ3v) is 4.14. The van der Waals surface area contributed by atoms with E-state index in [9.17, 15) is 4.79 Å². The van der Waals surface area contributed by atoms with Gasteiger partial charge in [-0.05, 0) is 19.4 Å². The molecule has 0 spiro atoms. The van der Waals surface area contributed by atoms with Crippen LogP contribution in [0.15, 0.2) is 5.38 Å². The van der Waals surface area contributed by atoms with E-state index in [0.717, 1.165) is 38.2 Å². The first kappa shape index (κ1) is 12.5. The topological polar surface area (TPSA) is 42.4 Å². The van der Waals surface area contributed by atoms with E-state index in [1.807, 2.05) is 0 Å². The van der Waals surface area contributed by atoms with Crippen molar-refractivity contribution >= 4 is 17.3 Å². The summed E-state index contributed by atoms with van der Waals surface area (Å²) in [7, 11) is 1.46. The van der Waals surface area contributed by atoms with Crippen molar-refractivity contribution < 1.29 is 9.53 Å². The monoisotopic (exact) mass is 254 g/mol. The number of carbonyl (C=O) groups is 1. The van der Waals surface area contributed by atoms with Crippen LogP contribution in [0.4, 0.5) is 0 Å². The summed E-state index contributed by atoms with van der Waals surface area (Å²) in [4.78, 5) is 18.2. The first-order chi connectivity index (χ1) is 8.22. The Morgan fingerprint density at radius 2 is 2.53 bits per heavy atom. The van der Waals surface area contributed by atoms with Gasteiger partial charge >= 0.3 is 5.97 Å². The molecule has 0 amide bonds. The summed E-state index contributed by atoms with van der Waals surface area (Å²) in [5.74, 6) is -0.0377. The average molecular weight is 254 g/mol. The molecule has 0 saturated carbocycles. The largest absolute Gasteiger partial charge is 0.469 e. The van der Waals surface area contributed by atoms with Crippen LogP contribution in [0.25, 0.3) is 0 Å². The molecule has 0 radical (unpaired) electrons. The van der Waals surface area contributed by atoms with Crippen LogP contribution in [0.1, 0.15) is 24.0 Å². The number of likely N-dealkylation sites (tertiary alicyclic amines) is 1. The Bertz CT molecular complexity index is 392. The fourth-order valence-corrected chi connectivity index (χ4v) is 2.88. The number of carbonyl (C=O) groups excluding carboxylic acids is 1. The Morgan fingerprint density at radius 3 is 3.18 bits per heavy atom. The molecule has 0 bridgehead atoms. The van der Waals surface area contributed by atoms with Crippen molar-refractivity contribution in [2.75, 3.05) is 20.2 Å². The lowest BCUT2D eigenvalue weighted by Crippen LogP contribution is -2.23. The van der Waals surface area contributed by atoms with Crippen molar-refractivity contribution in [3.05, 3.63) is 16.1 Å². The summed E-state index contributed by atoms with van der Waals surface area (Å²) in [6, 6.07) is 0. The minimum absolute atomic E-state index is 0.0456. The zero-order chi connectivity index (χ0) is 12.3. The highest BCUT2D eigenvalue weighted by molar-refractivity contribution is 7.09. The fraction of sp³-hybridized carbons (Fsp3) is 0.667. The number of thiazole rings is 1. The number of aryl methyl sites for hydroxylation is 1. The Hall–Kier alpha value is -0.940. The predicted molar refractivity (Wildman–Crippen MR) is 66.9 cm³/mol. The van der Waals surface area contributed by atoms with Gasteiger partial charge in [-0.1, -0.05) is 6.92 Å². The van der Waals surface area contributed by atoms with Crippen LogP contribution in [-0.2, 0) is 22.5 Å². The Morgan fingerprint density at radius 1 is 1.71 bits per heavy atom. The predicted octanol–water partition coefficient (Wildman–Crippen LogP) is 1.70. The number of aromatic nitrogens is 1. The molecular weight excluding hydrogens is 236 g/mol. The second-order valence-electron chi connectivity index (χ2n) is 4.33. The lowest BCUT2D eigenvalue weighted by Gasteiger charge is -2.13. The maximum Gasteiger partial charge on any atom is 0.310 e. The molecule has 1 aliphatic heterocycles. The highest BCUT2D eigenvalue weighted by atomic mass is 32.1. The van der Waals surface area contributed by atoms with E-state index in [2.05, 4.69) is 22.2 Å². The fourth-order valence-electron chi connectivity index (χ4n) is 2.15. The number of esters is 1. The summed E-state index contributed by atoms with van der Waals surface area (Å²) < 4.78 is 4.78. The maximum atomic E-state index is 11.4. The third kappa shape index (κ3) is 3.04. The molecule has 94 valence electrons. The van der Waals surface area contributed by atoms with Gasteiger partial charge in [0.1, 0.15) is 0 Å². The SMILES string of the molecule is CCc1nc(CN2CCC(C(=O)OC)C2)cs1. The Kier molecular flexibility index (Phi) is 4.12. The molecule has 0 aromatic carbocycles. The maximum absolute atomic E-state index is 11.4. The molecule has 1 aliphatic rings. The third-order valence-electron chi connectivity index (χ3n) is 3.09. The van der Waals surface area contributed by atoms with Crippen molar-refractivity contribution in [2.24, 2.45) is 5.92 Å². The summed E-state index contributed by atoms with van der Waals surface area (Å²) in [5.41, 5.74) is 1.12. The Labute approximate surface area is 106 Å². The molecule has 1 aromatic rings. The van der Waals surface area contributed by atoms with Gasteiger partial charge in [0.05, 0.1) is 23.7 Å². The molecule has 0 N–H and O–H groups in total. The number of hydrogen-bond donors (Lipinski definition) is 0. The molecule has 17 heavy (non-hydrogen) atoms. The standard InChI is InChI=1S/C12H18N2O2S/c1-3-11-13-10(8-17-11)7-14-5-4-9(6-14)12(15)16-2/h8-9H,3-7H2,1-2H3. The van der Waals surface area contributed by atoms with Crippen LogP contribution in [0.2, 0.25) is 0 Å². The van der Waals surface area contributed by atoms with Crippen LogP contribution < -0.4 is 0 Å². The Balaban J connectivity index is 1.87. The summed E-state index contributed by atoms with van der Waals surface area (Å²) >= 11 is 1.72. The van der Waals surface area contributed by atoms with E-state index in [1.165, 1.54) is 12.1 Å². The van der Waals surface area contributed by atoms with Gasteiger partial charge in [-0.25, -0.2) is 4.98 Å². The van der Waals surface area contributed by atoms with Crippen LogP contribution >= 0.6 is 11.3 Å². The normalized spacial score (nSPS) is 20.7. The van der Waals surface area contributed by atoms with Gasteiger partial charge in [-0.2, -0.15) is 0 Å². The number of ether oxygens (including phenoxy) is 1. The van der Waals surface area contributed by atoms with Gasteiger partial charge in [0.25, 0.3) is 0 Å². The number of nitrogens with zero attached hydrogens (tertiary/aromatic N) is 2. The second kappa shape index (κ2) is 5.60. The van der Waals surface area contributed by atoms with E-state index in [1.54, 1.807) is 11.3 Å². The van der Waals surface area contributed by atoms with Crippen LogP contribution in [0.3, 0.4) is 0 Å². The molecule has 2 heterocycles. The van der Waals surface area contributed by atoms with Gasteiger partial charge in [-0.3, -0.25) is 9.69 Å². The van der Waals surface area contributed by atoms with Crippen LogP contribution in [-0.4, -0.2) is 36.1 Å². The van der Waals surface area contributed by atoms with Crippen molar-refractivity contribution in [2.45, 2.75) is 26.3 Å². The summed E-state index contributed by atoms with van der Waals surface area (Å²) in [6.07, 6.45) is 1.90. The minimum atomic E-state index is -0.0833. The highest BCUT2D eigenvalue weighted by Gasteiger charge is 2.29. The zero-order valence-electron chi connectivity index (χ0n) is 10.3. The smallest absolute Gasteiger partial charge is 0.310 e. The van der Waals surface area contributed by atoms with Gasteiger partial charge in [-0.15, -0.1) is 11.3 Å². The lowest BCUT2D eigenvalue weighted by atomic mass is 10.1. The van der Waals surface area contributed by atoms with Crippen molar-refractivity contribution in [3.63, 3.8) is 0 Å². The zero-order valence-corrected chi connectivity index (χ0v) is 11.1. The second-order valence-corrected chi connectivity index (χ2v) is 5.27. The lowest BCUT2D eigenvalue weighted by molar-refractivity contribution is -0.144. The molecule has 0 aliphatic carbocycles. The highest BCUT2D eigenvalue weighted by Crippen LogP contribution is 2.20. The molecule has 1 unspecified atom stereocenters. The van der Waals surface area contributed by atoms with Crippen LogP contribution in [0, 0.1) is 5.92 Å². The van der Waals surface area contributed by atoms with Gasteiger partial charge in [0.15, 0.2) is 0 Å². The first-order valence-corrected chi connectivity index (χ1v) is 6.84. The van der Waals surface area contributed by atoms with Gasteiger partial charge in [0, 0.05) is 18.5 Å². The molecule has 1 atom stereocenters. The van der Waals surface area contributed by atoms with Crippen LogP contribution in [0.5, 0.6) is 0 Å². The summed E-state index contributed by atoms with van der Waals surface area (Å²) in [5, 5.41) is 3.30. The van der Waals surface area contributed by atoms with E-state index >= 15 is 0 Å². The van der Waals surface area contributed by atoms with Gasteiger partial charge < -0.3 is 4.74 Å². The van der Waals surface area contributed by atoms with E-state index in [0.29, 0.717) is 0 Å². The first-order valence-electron chi connectivity index (χ1n) is 5.96. The number of methoxy groups -OCH3 is 1. The molecule has 1 saturated heterocycles. The van der Waals surface area contributed by atoms with Crippen molar-refractivity contribution in [3.8, 4) is 0 Å². The van der Waals surface area contributed by atoms with E-state index in [-0.39, 0.29) is 11.9 Å². The van der Waals surface area contributed by atoms with E-state index < -0.39 is 0 Å². The number of hydrogen-bond acceptors (Lipinski definition) is 5. The molecule has 4 nitrogen and oxygen atoms in total. The van der Waals surface area contributed by atoms with Crippen molar-refractivity contribution in [1.82, 2.24) is 9.88 Å². The molecule has 5 heteroatoms. The van der Waals surface area contributed by atoms with E-state index in [4.69, 9.17) is 4.74 Å². The summed E-state index contributed by atoms with van der Waals surface area (Å²) in [6.45, 7) is 4.72.